The van der Waals surface area contributed by atoms with Gasteiger partial charge in [-0.25, -0.2) is 0 Å². The van der Waals surface area contributed by atoms with Gasteiger partial charge >= 0.3 is 0 Å². The Kier molecular flexibility index (Phi) is 4.73. The fraction of sp³-hybridized carbons (Fsp3) is 0.0714. The zero-order chi connectivity index (χ0) is 15.6. The van der Waals surface area contributed by atoms with Crippen LogP contribution < -0.4 is 5.32 Å². The van der Waals surface area contributed by atoms with Crippen LogP contribution in [-0.4, -0.2) is 33.5 Å². The Labute approximate surface area is 140 Å². The van der Waals surface area contributed by atoms with E-state index < -0.39 is 11.8 Å². The molecule has 108 valence electrons. The maximum atomic E-state index is 12.3. The second kappa shape index (κ2) is 6.35. The molecule has 1 aromatic rings. The van der Waals surface area contributed by atoms with Crippen molar-refractivity contribution < 1.29 is 14.7 Å². The number of aromatic hydroxyl groups is 1. The van der Waals surface area contributed by atoms with Crippen LogP contribution in [0.2, 0.25) is 0 Å². The first-order chi connectivity index (χ1) is 9.93. The van der Waals surface area contributed by atoms with E-state index in [1.807, 2.05) is 0 Å². The smallest absolute Gasteiger partial charge is 0.265 e. The van der Waals surface area contributed by atoms with Crippen molar-refractivity contribution in [3.05, 3.63) is 45.6 Å². The van der Waals surface area contributed by atoms with Gasteiger partial charge in [-0.15, -0.1) is 6.58 Å². The second-order valence-electron chi connectivity index (χ2n) is 4.22. The molecule has 0 unspecified atom stereocenters. The molecule has 1 heterocycles. The van der Waals surface area contributed by atoms with Crippen LogP contribution in [0.1, 0.15) is 5.56 Å². The quantitative estimate of drug-likeness (QED) is 0.260. The van der Waals surface area contributed by atoms with Crippen LogP contribution in [0.15, 0.2) is 36.4 Å². The number of hydrogen-bond acceptors (Lipinski definition) is 4. The topological polar surface area (TPSA) is 69.6 Å². The zero-order valence-corrected chi connectivity index (χ0v) is 13.8. The van der Waals surface area contributed by atoms with Gasteiger partial charge in [0.15, 0.2) is 5.11 Å². The van der Waals surface area contributed by atoms with Crippen molar-refractivity contribution in [2.45, 2.75) is 0 Å². The largest absolute Gasteiger partial charge is 0.507 e. The molecule has 0 atom stereocenters. The van der Waals surface area contributed by atoms with E-state index in [4.69, 9.17) is 12.2 Å². The highest BCUT2D eigenvalue weighted by Gasteiger charge is 2.32. The fourth-order valence-electron chi connectivity index (χ4n) is 1.79. The van der Waals surface area contributed by atoms with Crippen LogP contribution in [0.3, 0.4) is 0 Å². The molecule has 2 rings (SSSR count). The summed E-state index contributed by atoms with van der Waals surface area (Å²) in [5.41, 5.74) is 0.314. The summed E-state index contributed by atoms with van der Waals surface area (Å²) in [4.78, 5) is 25.5. The van der Waals surface area contributed by atoms with Crippen LogP contribution in [-0.2, 0) is 9.59 Å². The molecule has 0 aromatic heterocycles. The van der Waals surface area contributed by atoms with E-state index in [0.717, 1.165) is 3.57 Å². The molecule has 1 aromatic carbocycles. The highest BCUT2D eigenvalue weighted by Crippen LogP contribution is 2.24. The van der Waals surface area contributed by atoms with Gasteiger partial charge in [0.25, 0.3) is 11.8 Å². The molecule has 21 heavy (non-hydrogen) atoms. The Morgan fingerprint density at radius 2 is 2.14 bits per heavy atom. The summed E-state index contributed by atoms with van der Waals surface area (Å²) >= 11 is 7.04. The molecular formula is C14H11IN2O3S. The van der Waals surface area contributed by atoms with Crippen molar-refractivity contribution in [3.8, 4) is 5.75 Å². The number of rotatable bonds is 3. The lowest BCUT2D eigenvalue weighted by Gasteiger charge is -2.27. The van der Waals surface area contributed by atoms with E-state index in [9.17, 15) is 14.7 Å². The number of amides is 2. The van der Waals surface area contributed by atoms with Gasteiger partial charge in [-0.05, 0) is 59.1 Å². The normalized spacial score (nSPS) is 17.1. The zero-order valence-electron chi connectivity index (χ0n) is 10.8. The molecule has 0 aliphatic carbocycles. The Morgan fingerprint density at radius 1 is 1.43 bits per heavy atom. The highest BCUT2D eigenvalue weighted by molar-refractivity contribution is 14.1. The van der Waals surface area contributed by atoms with Crippen LogP contribution in [0.5, 0.6) is 5.75 Å². The number of carbonyl (C=O) groups is 2. The molecule has 2 amide bonds. The van der Waals surface area contributed by atoms with E-state index in [1.165, 1.54) is 23.1 Å². The minimum Gasteiger partial charge on any atom is -0.507 e. The van der Waals surface area contributed by atoms with Gasteiger partial charge in [-0.3, -0.25) is 19.8 Å². The molecule has 1 aliphatic rings. The summed E-state index contributed by atoms with van der Waals surface area (Å²) in [6, 6.07) is 4.90. The Morgan fingerprint density at radius 3 is 2.81 bits per heavy atom. The predicted molar refractivity (Wildman–Crippen MR) is 91.5 cm³/mol. The van der Waals surface area contributed by atoms with Crippen molar-refractivity contribution in [2.75, 3.05) is 6.54 Å². The summed E-state index contributed by atoms with van der Waals surface area (Å²) in [7, 11) is 0. The first kappa shape index (κ1) is 15.6. The van der Waals surface area contributed by atoms with Gasteiger partial charge in [0.05, 0.1) is 0 Å². The Balaban J connectivity index is 2.45. The fourth-order valence-corrected chi connectivity index (χ4v) is 2.55. The number of nitrogens with one attached hydrogen (secondary N) is 1. The van der Waals surface area contributed by atoms with Crippen LogP contribution in [0, 0.1) is 3.57 Å². The maximum absolute atomic E-state index is 12.3. The third kappa shape index (κ3) is 3.30. The van der Waals surface area contributed by atoms with E-state index in [2.05, 4.69) is 34.5 Å². The van der Waals surface area contributed by atoms with Crippen molar-refractivity contribution >= 4 is 57.8 Å². The van der Waals surface area contributed by atoms with Gasteiger partial charge in [0.2, 0.25) is 0 Å². The number of hydrogen-bond donors (Lipinski definition) is 2. The number of carbonyl (C=O) groups excluding carboxylic acids is 2. The predicted octanol–water partition coefficient (Wildman–Crippen LogP) is 1.81. The monoisotopic (exact) mass is 414 g/mol. The molecule has 5 nitrogen and oxygen atoms in total. The van der Waals surface area contributed by atoms with E-state index in [1.54, 1.807) is 12.1 Å². The third-order valence-electron chi connectivity index (χ3n) is 2.79. The van der Waals surface area contributed by atoms with Crippen LogP contribution in [0.25, 0.3) is 6.08 Å². The third-order valence-corrected chi connectivity index (χ3v) is 3.78. The first-order valence-corrected chi connectivity index (χ1v) is 7.41. The first-order valence-electron chi connectivity index (χ1n) is 5.92. The van der Waals surface area contributed by atoms with E-state index in [0.29, 0.717) is 5.56 Å². The van der Waals surface area contributed by atoms with Crippen molar-refractivity contribution in [3.63, 3.8) is 0 Å². The minimum atomic E-state index is -0.580. The molecule has 0 bridgehead atoms. The number of phenolic OH excluding ortho intramolecular Hbond substituents is 1. The van der Waals surface area contributed by atoms with E-state index >= 15 is 0 Å². The van der Waals surface area contributed by atoms with Gasteiger partial charge in [0, 0.05) is 15.7 Å². The van der Waals surface area contributed by atoms with Gasteiger partial charge in [0.1, 0.15) is 11.3 Å². The lowest BCUT2D eigenvalue weighted by Crippen LogP contribution is -2.53. The summed E-state index contributed by atoms with van der Waals surface area (Å²) in [6.07, 6.45) is 2.87. The summed E-state index contributed by atoms with van der Waals surface area (Å²) in [5, 5.41) is 12.3. The number of nitrogens with zero attached hydrogens (tertiary/aromatic N) is 1. The lowest BCUT2D eigenvalue weighted by molar-refractivity contribution is -0.128. The number of thiocarbonyl (C=S) groups is 1. The van der Waals surface area contributed by atoms with Crippen LogP contribution in [0.4, 0.5) is 0 Å². The van der Waals surface area contributed by atoms with Crippen molar-refractivity contribution in [1.29, 1.82) is 0 Å². The second-order valence-corrected chi connectivity index (χ2v) is 5.86. The molecule has 0 radical (unpaired) electrons. The van der Waals surface area contributed by atoms with Gasteiger partial charge in [-0.2, -0.15) is 0 Å². The van der Waals surface area contributed by atoms with Gasteiger partial charge in [-0.1, -0.05) is 6.08 Å². The summed E-state index contributed by atoms with van der Waals surface area (Å²) in [6.45, 7) is 3.75. The molecule has 1 aliphatic heterocycles. The number of benzene rings is 1. The maximum Gasteiger partial charge on any atom is 0.265 e. The molecule has 0 saturated carbocycles. The van der Waals surface area contributed by atoms with Crippen molar-refractivity contribution in [2.24, 2.45) is 0 Å². The SMILES string of the molecule is C=CCN1C(=O)C(=Cc2cc(I)ccc2O)C(=O)NC1=S. The van der Waals surface area contributed by atoms with Gasteiger partial charge < -0.3 is 5.11 Å². The summed E-state index contributed by atoms with van der Waals surface area (Å²) < 4.78 is 0.874. The summed E-state index contributed by atoms with van der Waals surface area (Å²) in [5.74, 6) is -1.10. The van der Waals surface area contributed by atoms with Crippen LogP contribution >= 0.6 is 34.8 Å². The average Bonchev–Trinajstić information content (AvgIpc) is 2.43. The minimum absolute atomic E-state index is 0.00747. The molecular weight excluding hydrogens is 403 g/mol. The average molecular weight is 414 g/mol. The van der Waals surface area contributed by atoms with E-state index in [-0.39, 0.29) is 23.0 Å². The number of halogens is 1. The molecule has 1 fully saturated rings. The highest BCUT2D eigenvalue weighted by atomic mass is 127. The lowest BCUT2D eigenvalue weighted by atomic mass is 10.1. The number of phenols is 1. The van der Waals surface area contributed by atoms with Crippen molar-refractivity contribution in [1.82, 2.24) is 10.2 Å². The molecule has 0 spiro atoms. The molecule has 2 N–H and O–H groups in total. The molecule has 1 saturated heterocycles. The Hall–Kier alpha value is -1.74. The Bertz CT molecular complexity index is 685. The standard InChI is InChI=1S/C14H11IN2O3S/c1-2-5-17-13(20)10(12(19)16-14(17)21)7-8-6-9(15)3-4-11(8)18/h2-4,6-7,18H,1,5H2,(H,16,19,21). The molecule has 7 heteroatoms.